The highest BCUT2D eigenvalue weighted by Crippen LogP contribution is 2.46. The van der Waals surface area contributed by atoms with Gasteiger partial charge in [0.05, 0.1) is 23.6 Å². The average molecular weight is 643 g/mol. The molecule has 1 amide bonds. The number of aryl methyl sites for hydroxylation is 1. The van der Waals surface area contributed by atoms with Crippen LogP contribution in [0.25, 0.3) is 0 Å². The fraction of sp³-hybridized carbons (Fsp3) is 0.559. The number of nitrogens with zero attached hydrogens (tertiary/aromatic N) is 1. The number of amides is 1. The second-order valence-corrected chi connectivity index (χ2v) is 15.7. The third-order valence-corrected chi connectivity index (χ3v) is 12.3. The van der Waals surface area contributed by atoms with Gasteiger partial charge >= 0.3 is 0 Å². The van der Waals surface area contributed by atoms with Gasteiger partial charge in [0.15, 0.2) is 0 Å². The molecule has 2 N–H and O–H groups in total. The average Bonchev–Trinajstić information content (AvgIpc) is 3.12. The molecule has 10 heteroatoms. The minimum atomic E-state index is -4.01. The van der Waals surface area contributed by atoms with E-state index < -0.39 is 27.3 Å². The molecule has 6 rings (SSSR count). The first-order valence-electron chi connectivity index (χ1n) is 15.8. The van der Waals surface area contributed by atoms with Crippen molar-refractivity contribution in [3.63, 3.8) is 0 Å². The smallest absolute Gasteiger partial charge is 0.264 e. The summed E-state index contributed by atoms with van der Waals surface area (Å²) in [7, 11) is -2.48. The molecule has 8 nitrogen and oxygen atoms in total. The van der Waals surface area contributed by atoms with Gasteiger partial charge in [-0.2, -0.15) is 0 Å². The molecule has 0 radical (unpaired) electrons. The van der Waals surface area contributed by atoms with E-state index in [0.29, 0.717) is 31.9 Å². The number of anilines is 1. The maximum absolute atomic E-state index is 13.5. The lowest BCUT2D eigenvalue weighted by atomic mass is 9.68. The lowest BCUT2D eigenvalue weighted by Gasteiger charge is -2.45. The minimum Gasteiger partial charge on any atom is -0.490 e. The summed E-state index contributed by atoms with van der Waals surface area (Å²) in [4.78, 5) is 15.8. The first kappa shape index (κ1) is 31.4. The van der Waals surface area contributed by atoms with Gasteiger partial charge in [0, 0.05) is 42.8 Å². The Morgan fingerprint density at radius 1 is 1.18 bits per heavy atom. The number of allylic oxidation sites excluding steroid dienone is 1. The summed E-state index contributed by atoms with van der Waals surface area (Å²) in [6.45, 7) is 4.07. The number of aliphatic hydroxyl groups is 1. The fourth-order valence-corrected chi connectivity index (χ4v) is 9.37. The number of methoxy groups -OCH3 is 1. The van der Waals surface area contributed by atoms with Crippen molar-refractivity contribution in [1.29, 1.82) is 0 Å². The second-order valence-electron chi connectivity index (χ2n) is 13.3. The van der Waals surface area contributed by atoms with Crippen LogP contribution in [0.1, 0.15) is 66.9 Å². The second kappa shape index (κ2) is 12.7. The number of aliphatic hydroxyl groups excluding tert-OH is 1. The maximum Gasteiger partial charge on any atom is 0.264 e. The van der Waals surface area contributed by atoms with Gasteiger partial charge in [-0.1, -0.05) is 36.7 Å². The number of carbonyl (C=O) groups excluding carboxylic acids is 1. The molecule has 2 aromatic rings. The summed E-state index contributed by atoms with van der Waals surface area (Å²) in [5, 5.41) is 11.2. The van der Waals surface area contributed by atoms with Crippen LogP contribution in [0.2, 0.25) is 5.02 Å². The third-order valence-electron chi connectivity index (χ3n) is 10.3. The molecule has 1 spiro atoms. The first-order valence-corrected chi connectivity index (χ1v) is 17.7. The highest BCUT2D eigenvalue weighted by atomic mass is 35.5. The Morgan fingerprint density at radius 2 is 2.02 bits per heavy atom. The van der Waals surface area contributed by atoms with Crippen LogP contribution in [-0.2, 0) is 26.6 Å². The summed E-state index contributed by atoms with van der Waals surface area (Å²) >= 11 is 6.40. The molecule has 238 valence electrons. The minimum absolute atomic E-state index is 0.104. The fourth-order valence-electron chi connectivity index (χ4n) is 7.67. The number of hydrogen-bond acceptors (Lipinski definition) is 7. The SMILES string of the molecule is COCC[C@@H]1C[C@H](C)/C=C/[C@H](O)[C@@H]2CC[C@H]2CN2C[C@@]3(CCCc4cc(Cl)ccc43)COc3ccc(cc32)C(=O)NS1(=O)=O. The number of rotatable bonds is 3. The molecule has 2 aliphatic carbocycles. The number of ether oxygens (including phenoxy) is 2. The summed E-state index contributed by atoms with van der Waals surface area (Å²) in [6, 6.07) is 11.4. The summed E-state index contributed by atoms with van der Waals surface area (Å²) < 4.78 is 41.1. The summed E-state index contributed by atoms with van der Waals surface area (Å²) in [6.07, 6.45) is 8.59. The van der Waals surface area contributed by atoms with E-state index in [4.69, 9.17) is 21.1 Å². The number of hydrogen-bond donors (Lipinski definition) is 2. The van der Waals surface area contributed by atoms with Crippen LogP contribution >= 0.6 is 11.6 Å². The van der Waals surface area contributed by atoms with Crippen LogP contribution < -0.4 is 14.4 Å². The van der Waals surface area contributed by atoms with Gasteiger partial charge in [-0.05, 0) is 104 Å². The lowest BCUT2D eigenvalue weighted by molar-refractivity contribution is 0.0454. The van der Waals surface area contributed by atoms with Crippen molar-refractivity contribution in [2.24, 2.45) is 17.8 Å². The molecule has 2 heterocycles. The highest BCUT2D eigenvalue weighted by molar-refractivity contribution is 7.90. The standard InChI is InChI=1S/C34H43ClN2O6S/c1-22-5-11-31(38)28-9-6-25(28)19-37-20-34(14-3-4-23-17-26(35)8-10-29(23)34)21-43-32-12-7-24(18-30(32)37)33(39)36-44(40,41)27(16-22)13-15-42-2/h5,7-8,10-12,17-18,22,25,27-28,31,38H,3-4,6,9,13-16,19-21H2,1-2H3,(H,36,39)/b11-5+/t22-,25+,27-,28-,31+,34+/m1/s1. The van der Waals surface area contributed by atoms with Crippen molar-refractivity contribution < 1.29 is 27.8 Å². The predicted octanol–water partition coefficient (Wildman–Crippen LogP) is 5.26. The molecular formula is C34H43ClN2O6S. The van der Waals surface area contributed by atoms with Gasteiger partial charge in [0.1, 0.15) is 5.75 Å². The Bertz CT molecular complexity index is 1530. The van der Waals surface area contributed by atoms with E-state index in [0.717, 1.165) is 42.8 Å². The van der Waals surface area contributed by atoms with Gasteiger partial charge < -0.3 is 19.5 Å². The number of fused-ring (bicyclic) bond motifs is 4. The summed E-state index contributed by atoms with van der Waals surface area (Å²) in [5.41, 5.74) is 3.27. The summed E-state index contributed by atoms with van der Waals surface area (Å²) in [5.74, 6) is 0.275. The number of nitrogens with one attached hydrogen (secondary N) is 1. The van der Waals surface area contributed by atoms with Gasteiger partial charge in [0.25, 0.3) is 5.91 Å². The van der Waals surface area contributed by atoms with Gasteiger partial charge in [-0.15, -0.1) is 0 Å². The largest absolute Gasteiger partial charge is 0.490 e. The zero-order chi connectivity index (χ0) is 31.1. The number of halogens is 1. The topological polar surface area (TPSA) is 105 Å². The molecule has 6 atom stereocenters. The van der Waals surface area contributed by atoms with Crippen LogP contribution in [0.3, 0.4) is 0 Å². The van der Waals surface area contributed by atoms with E-state index in [1.165, 1.54) is 18.2 Å². The van der Waals surface area contributed by atoms with Crippen LogP contribution in [0.4, 0.5) is 5.69 Å². The number of sulfonamides is 1. The molecular weight excluding hydrogens is 600 g/mol. The van der Waals surface area contributed by atoms with Crippen molar-refractivity contribution in [3.8, 4) is 5.75 Å². The van der Waals surface area contributed by atoms with Gasteiger partial charge in [-0.3, -0.25) is 4.79 Å². The van der Waals surface area contributed by atoms with E-state index in [1.54, 1.807) is 18.2 Å². The molecule has 0 aromatic heterocycles. The Balaban J connectivity index is 1.41. The Hall–Kier alpha value is -2.59. The van der Waals surface area contributed by atoms with Crippen LogP contribution in [-0.4, -0.2) is 64.2 Å². The molecule has 4 aliphatic rings. The van der Waals surface area contributed by atoms with Crippen molar-refractivity contribution >= 4 is 33.2 Å². The van der Waals surface area contributed by atoms with E-state index >= 15 is 0 Å². The number of benzene rings is 2. The van der Waals surface area contributed by atoms with E-state index in [2.05, 4.69) is 21.8 Å². The maximum atomic E-state index is 13.5. The Kier molecular flexibility index (Phi) is 9.03. The van der Waals surface area contributed by atoms with Crippen molar-refractivity contribution in [2.75, 3.05) is 38.3 Å². The van der Waals surface area contributed by atoms with Gasteiger partial charge in [0.2, 0.25) is 10.0 Å². The number of carbonyl (C=O) groups is 1. The monoisotopic (exact) mass is 642 g/mol. The molecule has 0 saturated heterocycles. The molecule has 0 unspecified atom stereocenters. The molecule has 1 saturated carbocycles. The van der Waals surface area contributed by atoms with Crippen molar-refractivity contribution in [1.82, 2.24) is 4.72 Å². The quantitative estimate of drug-likeness (QED) is 0.440. The Morgan fingerprint density at radius 3 is 2.80 bits per heavy atom. The van der Waals surface area contributed by atoms with E-state index in [1.807, 2.05) is 25.1 Å². The highest BCUT2D eigenvalue weighted by Gasteiger charge is 2.44. The van der Waals surface area contributed by atoms with Crippen LogP contribution in [0.15, 0.2) is 48.6 Å². The first-order chi connectivity index (χ1) is 21.1. The van der Waals surface area contributed by atoms with E-state index in [9.17, 15) is 18.3 Å². The van der Waals surface area contributed by atoms with Crippen molar-refractivity contribution in [2.45, 2.75) is 68.6 Å². The van der Waals surface area contributed by atoms with Crippen LogP contribution in [0, 0.1) is 17.8 Å². The van der Waals surface area contributed by atoms with Gasteiger partial charge in [-0.25, -0.2) is 13.1 Å². The zero-order valence-electron chi connectivity index (χ0n) is 25.5. The molecule has 2 aromatic carbocycles. The Labute approximate surface area is 265 Å². The van der Waals surface area contributed by atoms with Crippen molar-refractivity contribution in [3.05, 3.63) is 70.3 Å². The molecule has 2 aliphatic heterocycles. The van der Waals surface area contributed by atoms with E-state index in [-0.39, 0.29) is 41.8 Å². The lowest BCUT2D eigenvalue weighted by Crippen LogP contribution is -2.49. The predicted molar refractivity (Wildman–Crippen MR) is 172 cm³/mol. The van der Waals surface area contributed by atoms with Crippen LogP contribution in [0.5, 0.6) is 5.75 Å². The zero-order valence-corrected chi connectivity index (χ0v) is 27.1. The third kappa shape index (κ3) is 6.26. The normalized spacial score (nSPS) is 32.3. The molecule has 2 bridgehead atoms. The molecule has 1 fully saturated rings. The molecule has 44 heavy (non-hydrogen) atoms.